The lowest BCUT2D eigenvalue weighted by atomic mass is 9.95. The van der Waals surface area contributed by atoms with E-state index in [9.17, 15) is 24.8 Å². The van der Waals surface area contributed by atoms with Gasteiger partial charge in [0.2, 0.25) is 0 Å². The third kappa shape index (κ3) is 6.37. The number of benzene rings is 2. The van der Waals surface area contributed by atoms with Gasteiger partial charge in [0, 0.05) is 24.2 Å². The molecule has 36 heavy (non-hydrogen) atoms. The number of hydrogen-bond donors (Lipinski definition) is 1. The predicted molar refractivity (Wildman–Crippen MR) is 139 cm³/mol. The lowest BCUT2D eigenvalue weighted by Crippen LogP contribution is -2.34. The highest BCUT2D eigenvalue weighted by Crippen LogP contribution is 2.39. The van der Waals surface area contributed by atoms with Crippen molar-refractivity contribution in [3.05, 3.63) is 81.4 Å². The van der Waals surface area contributed by atoms with Crippen molar-refractivity contribution in [3.8, 4) is 0 Å². The van der Waals surface area contributed by atoms with Crippen LogP contribution in [0.2, 0.25) is 0 Å². The van der Waals surface area contributed by atoms with Crippen molar-refractivity contribution < 1.29 is 19.6 Å². The third-order valence-corrected chi connectivity index (χ3v) is 6.54. The first-order valence-corrected chi connectivity index (χ1v) is 12.7. The van der Waals surface area contributed by atoms with Crippen molar-refractivity contribution in [3.63, 3.8) is 0 Å². The second-order valence-electron chi connectivity index (χ2n) is 9.11. The molecule has 0 saturated carbocycles. The van der Waals surface area contributed by atoms with Gasteiger partial charge in [-0.05, 0) is 56.6 Å². The molecule has 8 nitrogen and oxygen atoms in total. The van der Waals surface area contributed by atoms with Gasteiger partial charge in [-0.1, -0.05) is 57.0 Å². The molecule has 1 aliphatic heterocycles. The number of ketones is 1. The molecule has 1 saturated heterocycles. The summed E-state index contributed by atoms with van der Waals surface area (Å²) >= 11 is 0. The molecule has 1 amide bonds. The number of aliphatic hydroxyl groups is 1. The van der Waals surface area contributed by atoms with Gasteiger partial charge in [-0.2, -0.15) is 0 Å². The maximum absolute atomic E-state index is 13.1. The lowest BCUT2D eigenvalue weighted by Gasteiger charge is -2.27. The van der Waals surface area contributed by atoms with Crippen LogP contribution in [0, 0.1) is 10.1 Å². The van der Waals surface area contributed by atoms with Gasteiger partial charge in [0.1, 0.15) is 5.76 Å². The van der Waals surface area contributed by atoms with E-state index in [2.05, 4.69) is 18.7 Å². The van der Waals surface area contributed by atoms with Gasteiger partial charge in [-0.15, -0.1) is 0 Å². The summed E-state index contributed by atoms with van der Waals surface area (Å²) in [4.78, 5) is 40.7. The zero-order chi connectivity index (χ0) is 26.1. The smallest absolute Gasteiger partial charge is 0.295 e. The number of carbonyl (C=O) groups is 2. The summed E-state index contributed by atoms with van der Waals surface area (Å²) in [5.74, 6) is -1.71. The standard InChI is InChI=1S/C28H35N3O5/c1-3-5-17-29(18-6-4-2)19-10-20-30-25(21-11-8-7-9-12-21)24(27(33)28(30)34)26(32)22-13-15-23(16-14-22)31(35)36/h7-9,11-16,25,32H,3-6,10,17-20H2,1-2H3/t25-/m0/s1. The van der Waals surface area contributed by atoms with Gasteiger partial charge in [0.05, 0.1) is 16.5 Å². The Morgan fingerprint density at radius 2 is 1.53 bits per heavy atom. The normalized spacial score (nSPS) is 17.2. The van der Waals surface area contributed by atoms with Gasteiger partial charge in [0.15, 0.2) is 0 Å². The number of rotatable bonds is 13. The molecule has 3 rings (SSSR count). The van der Waals surface area contributed by atoms with Crippen LogP contribution in [0.25, 0.3) is 5.76 Å². The molecule has 1 aliphatic rings. The van der Waals surface area contributed by atoms with Crippen molar-refractivity contribution >= 4 is 23.1 Å². The predicted octanol–water partition coefficient (Wildman–Crippen LogP) is 5.31. The molecule has 0 radical (unpaired) electrons. The Kier molecular flexibility index (Phi) is 9.76. The summed E-state index contributed by atoms with van der Waals surface area (Å²) < 4.78 is 0. The molecule has 0 aromatic heterocycles. The van der Waals surface area contributed by atoms with Crippen LogP contribution in [0.15, 0.2) is 60.2 Å². The maximum Gasteiger partial charge on any atom is 0.295 e. The van der Waals surface area contributed by atoms with Crippen LogP contribution in [0.3, 0.4) is 0 Å². The minimum atomic E-state index is -0.742. The van der Waals surface area contributed by atoms with Crippen LogP contribution < -0.4 is 0 Å². The Morgan fingerprint density at radius 3 is 2.08 bits per heavy atom. The zero-order valence-corrected chi connectivity index (χ0v) is 21.1. The molecule has 1 atom stereocenters. The molecule has 0 spiro atoms. The van der Waals surface area contributed by atoms with Crippen molar-refractivity contribution in [2.75, 3.05) is 26.2 Å². The quantitative estimate of drug-likeness (QED) is 0.133. The Labute approximate surface area is 212 Å². The van der Waals surface area contributed by atoms with E-state index in [0.29, 0.717) is 13.0 Å². The number of likely N-dealkylation sites (tertiary alicyclic amines) is 1. The highest BCUT2D eigenvalue weighted by molar-refractivity contribution is 6.46. The average molecular weight is 494 g/mol. The van der Waals surface area contributed by atoms with E-state index in [-0.39, 0.29) is 22.6 Å². The molecule has 192 valence electrons. The highest BCUT2D eigenvalue weighted by atomic mass is 16.6. The number of nitro benzene ring substituents is 1. The van der Waals surface area contributed by atoms with Gasteiger partial charge in [0.25, 0.3) is 17.4 Å². The van der Waals surface area contributed by atoms with Crippen LogP contribution in [0.5, 0.6) is 0 Å². The van der Waals surface area contributed by atoms with Crippen molar-refractivity contribution in [2.45, 2.75) is 52.0 Å². The highest BCUT2D eigenvalue weighted by Gasteiger charge is 2.45. The Hall–Kier alpha value is -3.52. The summed E-state index contributed by atoms with van der Waals surface area (Å²) in [6.45, 7) is 7.57. The Bertz CT molecular complexity index is 1070. The van der Waals surface area contributed by atoms with Gasteiger partial charge in [-0.25, -0.2) is 0 Å². The summed E-state index contributed by atoms with van der Waals surface area (Å²) in [6.07, 6.45) is 5.18. The molecule has 0 bridgehead atoms. The monoisotopic (exact) mass is 493 g/mol. The van der Waals surface area contributed by atoms with Gasteiger partial charge in [-0.3, -0.25) is 19.7 Å². The molecule has 1 N–H and O–H groups in total. The molecule has 2 aromatic carbocycles. The van der Waals surface area contributed by atoms with Crippen LogP contribution in [0.1, 0.15) is 63.1 Å². The number of nitro groups is 1. The SMILES string of the molecule is CCCCN(CCCC)CCCN1C(=O)C(=O)C(=C(O)c2ccc([N+](=O)[O-])cc2)[C@@H]1c1ccccc1. The average Bonchev–Trinajstić information content (AvgIpc) is 3.15. The van der Waals surface area contributed by atoms with Crippen LogP contribution in [0.4, 0.5) is 5.69 Å². The summed E-state index contributed by atoms with van der Waals surface area (Å²) in [5.41, 5.74) is 0.870. The molecule has 1 heterocycles. The van der Waals surface area contributed by atoms with Crippen LogP contribution in [-0.4, -0.2) is 57.7 Å². The number of amides is 1. The first kappa shape index (κ1) is 27.1. The van der Waals surface area contributed by atoms with Gasteiger partial charge >= 0.3 is 0 Å². The Morgan fingerprint density at radius 1 is 0.944 bits per heavy atom. The largest absolute Gasteiger partial charge is 0.507 e. The van der Waals surface area contributed by atoms with E-state index < -0.39 is 22.7 Å². The van der Waals surface area contributed by atoms with Crippen molar-refractivity contribution in [1.82, 2.24) is 9.80 Å². The maximum atomic E-state index is 13.1. The number of aliphatic hydroxyl groups excluding tert-OH is 1. The van der Waals surface area contributed by atoms with E-state index in [0.717, 1.165) is 50.9 Å². The number of nitrogens with zero attached hydrogens (tertiary/aromatic N) is 3. The summed E-state index contributed by atoms with van der Waals surface area (Å²) in [6, 6.07) is 13.8. The second-order valence-corrected chi connectivity index (χ2v) is 9.11. The molecule has 0 unspecified atom stereocenters. The fourth-order valence-electron chi connectivity index (χ4n) is 4.55. The third-order valence-electron chi connectivity index (χ3n) is 6.54. The molecule has 0 aliphatic carbocycles. The number of unbranched alkanes of at least 4 members (excludes halogenated alkanes) is 2. The molecular weight excluding hydrogens is 458 g/mol. The molecular formula is C28H35N3O5. The fourth-order valence-corrected chi connectivity index (χ4v) is 4.55. The molecule has 8 heteroatoms. The first-order chi connectivity index (χ1) is 17.4. The molecule has 2 aromatic rings. The van der Waals surface area contributed by atoms with Crippen LogP contribution >= 0.6 is 0 Å². The van der Waals surface area contributed by atoms with Crippen LogP contribution in [-0.2, 0) is 9.59 Å². The van der Waals surface area contributed by atoms with E-state index in [4.69, 9.17) is 0 Å². The van der Waals surface area contributed by atoms with E-state index >= 15 is 0 Å². The number of Topliss-reactive ketones (excluding diaryl/α,β-unsaturated/α-hetero) is 1. The lowest BCUT2D eigenvalue weighted by molar-refractivity contribution is -0.384. The van der Waals surface area contributed by atoms with Gasteiger partial charge < -0.3 is 14.9 Å². The van der Waals surface area contributed by atoms with E-state index in [1.54, 1.807) is 4.90 Å². The Balaban J connectivity index is 1.89. The van der Waals surface area contributed by atoms with E-state index in [1.807, 2.05) is 30.3 Å². The van der Waals surface area contributed by atoms with Crippen molar-refractivity contribution in [1.29, 1.82) is 0 Å². The minimum Gasteiger partial charge on any atom is -0.507 e. The van der Waals surface area contributed by atoms with E-state index in [1.165, 1.54) is 24.3 Å². The summed E-state index contributed by atoms with van der Waals surface area (Å²) in [5, 5.41) is 22.1. The topological polar surface area (TPSA) is 104 Å². The summed E-state index contributed by atoms with van der Waals surface area (Å²) in [7, 11) is 0. The first-order valence-electron chi connectivity index (χ1n) is 12.7. The fraction of sp³-hybridized carbons (Fsp3) is 0.429. The number of hydrogen-bond acceptors (Lipinski definition) is 6. The second kappa shape index (κ2) is 13.0. The van der Waals surface area contributed by atoms with Crippen molar-refractivity contribution in [2.24, 2.45) is 0 Å². The molecule has 1 fully saturated rings. The zero-order valence-electron chi connectivity index (χ0n) is 21.1. The number of carbonyl (C=O) groups excluding carboxylic acids is 2. The number of non-ortho nitro benzene ring substituents is 1. The minimum absolute atomic E-state index is 0.00822.